The van der Waals surface area contributed by atoms with E-state index in [1.807, 2.05) is 25.5 Å². The summed E-state index contributed by atoms with van der Waals surface area (Å²) in [7, 11) is 0. The summed E-state index contributed by atoms with van der Waals surface area (Å²) in [5, 5.41) is 15.9. The maximum absolute atomic E-state index is 11.6. The lowest BCUT2D eigenvalue weighted by Gasteiger charge is -2.29. The summed E-state index contributed by atoms with van der Waals surface area (Å²) >= 11 is 1.64. The first-order chi connectivity index (χ1) is 9.92. The molecule has 0 bridgehead atoms. The normalized spacial score (nSPS) is 17.9. The third-order valence-electron chi connectivity index (χ3n) is 3.56. The molecule has 0 aromatic carbocycles. The molecular weight excluding hydrogens is 288 g/mol. The van der Waals surface area contributed by atoms with E-state index in [4.69, 9.17) is 5.73 Å². The molecule has 1 aliphatic rings. The van der Waals surface area contributed by atoms with Crippen LogP contribution in [0.2, 0.25) is 0 Å². The minimum atomic E-state index is -0.656. The molecule has 1 aromatic rings. The van der Waals surface area contributed by atoms with Crippen LogP contribution in [-0.4, -0.2) is 43.4 Å². The van der Waals surface area contributed by atoms with Gasteiger partial charge in [-0.3, -0.25) is 4.79 Å². The van der Waals surface area contributed by atoms with Gasteiger partial charge in [0.05, 0.1) is 11.6 Å². The van der Waals surface area contributed by atoms with Gasteiger partial charge in [-0.15, -0.1) is 5.10 Å². The van der Waals surface area contributed by atoms with Crippen LogP contribution in [-0.2, 0) is 4.79 Å². The Labute approximate surface area is 129 Å². The predicted molar refractivity (Wildman–Crippen MR) is 81.9 cm³/mol. The van der Waals surface area contributed by atoms with Crippen molar-refractivity contribution in [2.24, 2.45) is 5.73 Å². The van der Waals surface area contributed by atoms with Crippen LogP contribution in [0, 0.1) is 0 Å². The van der Waals surface area contributed by atoms with Crippen molar-refractivity contribution < 1.29 is 4.79 Å². The molecule has 1 aromatic heterocycles. The number of primary amides is 1. The van der Waals surface area contributed by atoms with Gasteiger partial charge >= 0.3 is 0 Å². The Balaban J connectivity index is 1.79. The van der Waals surface area contributed by atoms with Crippen LogP contribution in [0.4, 0.5) is 0 Å². The van der Waals surface area contributed by atoms with E-state index >= 15 is 0 Å². The lowest BCUT2D eigenvalue weighted by atomic mass is 9.94. The summed E-state index contributed by atoms with van der Waals surface area (Å²) in [5.74, 6) is 0.569. The monoisotopic (exact) mass is 312 g/mol. The zero-order chi connectivity index (χ0) is 15.5. The summed E-state index contributed by atoms with van der Waals surface area (Å²) in [6.45, 7) is 5.90. The van der Waals surface area contributed by atoms with Gasteiger partial charge in [-0.2, -0.15) is 0 Å². The smallest absolute Gasteiger partial charge is 0.237 e. The van der Waals surface area contributed by atoms with Gasteiger partial charge in [-0.25, -0.2) is 4.68 Å². The highest BCUT2D eigenvalue weighted by Gasteiger charge is 2.31. The first-order valence-corrected chi connectivity index (χ1v) is 8.39. The molecule has 2 rings (SSSR count). The number of rotatable bonds is 9. The lowest BCUT2D eigenvalue weighted by molar-refractivity contribution is -0.124. The third kappa shape index (κ3) is 4.41. The molecule has 1 aliphatic carbocycles. The number of nitrogens with one attached hydrogen (secondary N) is 1. The zero-order valence-electron chi connectivity index (χ0n) is 12.9. The molecule has 0 aliphatic heterocycles. The van der Waals surface area contributed by atoms with Crippen molar-refractivity contribution in [1.82, 2.24) is 25.5 Å². The van der Waals surface area contributed by atoms with Crippen molar-refractivity contribution in [3.05, 3.63) is 0 Å². The Morgan fingerprint density at radius 3 is 2.86 bits per heavy atom. The van der Waals surface area contributed by atoms with E-state index in [1.54, 1.807) is 11.8 Å². The molecule has 7 nitrogen and oxygen atoms in total. The number of thioether (sulfide) groups is 1. The summed E-state index contributed by atoms with van der Waals surface area (Å²) in [6.07, 6.45) is 3.91. The topological polar surface area (TPSA) is 98.7 Å². The Bertz CT molecular complexity index is 487. The minimum Gasteiger partial charge on any atom is -0.368 e. The van der Waals surface area contributed by atoms with Crippen molar-refractivity contribution >= 4 is 17.7 Å². The van der Waals surface area contributed by atoms with Gasteiger partial charge in [-0.1, -0.05) is 11.8 Å². The Hall–Kier alpha value is -1.15. The molecule has 0 saturated heterocycles. The van der Waals surface area contributed by atoms with Crippen LogP contribution in [0.1, 0.15) is 52.5 Å². The average Bonchev–Trinajstić information content (AvgIpc) is 3.13. The molecule has 0 spiro atoms. The minimum absolute atomic E-state index is 0.220. The van der Waals surface area contributed by atoms with Crippen LogP contribution < -0.4 is 11.1 Å². The van der Waals surface area contributed by atoms with Crippen molar-refractivity contribution in [2.75, 3.05) is 5.75 Å². The molecular formula is C13H24N6OS. The van der Waals surface area contributed by atoms with Crippen molar-refractivity contribution in [1.29, 1.82) is 0 Å². The third-order valence-corrected chi connectivity index (χ3v) is 4.58. The van der Waals surface area contributed by atoms with E-state index in [0.717, 1.165) is 30.2 Å². The van der Waals surface area contributed by atoms with Crippen LogP contribution in [0.3, 0.4) is 0 Å². The highest BCUT2D eigenvalue weighted by molar-refractivity contribution is 7.99. The fraction of sp³-hybridized carbons (Fsp3) is 0.846. The fourth-order valence-electron chi connectivity index (χ4n) is 2.32. The van der Waals surface area contributed by atoms with Crippen molar-refractivity contribution in [3.63, 3.8) is 0 Å². The quantitative estimate of drug-likeness (QED) is 0.524. The zero-order valence-corrected chi connectivity index (χ0v) is 13.7. The molecule has 1 fully saturated rings. The average molecular weight is 312 g/mol. The van der Waals surface area contributed by atoms with Gasteiger partial charge in [-0.05, 0) is 56.9 Å². The highest BCUT2D eigenvalue weighted by atomic mass is 32.2. The van der Waals surface area contributed by atoms with Crippen molar-refractivity contribution in [3.8, 4) is 0 Å². The van der Waals surface area contributed by atoms with Crippen LogP contribution in [0.15, 0.2) is 5.16 Å². The van der Waals surface area contributed by atoms with Gasteiger partial charge in [0.15, 0.2) is 0 Å². The van der Waals surface area contributed by atoms with Crippen LogP contribution >= 0.6 is 11.8 Å². The van der Waals surface area contributed by atoms with Gasteiger partial charge in [0.2, 0.25) is 11.1 Å². The van der Waals surface area contributed by atoms with E-state index in [0.29, 0.717) is 12.5 Å². The lowest BCUT2D eigenvalue weighted by Crippen LogP contribution is -2.55. The van der Waals surface area contributed by atoms with Gasteiger partial charge < -0.3 is 11.1 Å². The Kier molecular flexibility index (Phi) is 5.21. The Morgan fingerprint density at radius 1 is 1.57 bits per heavy atom. The number of hydrogen-bond acceptors (Lipinski definition) is 6. The number of carbonyl (C=O) groups excluding carboxylic acids is 1. The van der Waals surface area contributed by atoms with Gasteiger partial charge in [0, 0.05) is 11.8 Å². The first-order valence-electron chi connectivity index (χ1n) is 7.40. The van der Waals surface area contributed by atoms with E-state index in [1.165, 1.54) is 0 Å². The van der Waals surface area contributed by atoms with Crippen LogP contribution in [0.25, 0.3) is 0 Å². The van der Waals surface area contributed by atoms with Crippen molar-refractivity contribution in [2.45, 2.75) is 69.2 Å². The largest absolute Gasteiger partial charge is 0.368 e. The number of hydrogen-bond donors (Lipinski definition) is 2. The summed E-state index contributed by atoms with van der Waals surface area (Å²) in [6, 6.07) is 0.707. The van der Waals surface area contributed by atoms with Gasteiger partial charge in [0.25, 0.3) is 0 Å². The summed E-state index contributed by atoms with van der Waals surface area (Å²) in [4.78, 5) is 11.6. The SMILES string of the molecule is CC(C)NC(C)(CCCSc1nnnn1C1CC1)C(N)=O. The summed E-state index contributed by atoms with van der Waals surface area (Å²) in [5.41, 5.74) is 4.87. The molecule has 1 unspecified atom stereocenters. The molecule has 118 valence electrons. The molecule has 3 N–H and O–H groups in total. The number of amides is 1. The molecule has 1 amide bonds. The fourth-order valence-corrected chi connectivity index (χ4v) is 3.20. The second-order valence-electron chi connectivity index (χ2n) is 6.08. The first kappa shape index (κ1) is 16.2. The maximum Gasteiger partial charge on any atom is 0.237 e. The summed E-state index contributed by atoms with van der Waals surface area (Å²) < 4.78 is 1.91. The maximum atomic E-state index is 11.6. The molecule has 8 heteroatoms. The van der Waals surface area contributed by atoms with E-state index in [-0.39, 0.29) is 11.9 Å². The number of carbonyl (C=O) groups is 1. The van der Waals surface area contributed by atoms with Crippen LogP contribution in [0.5, 0.6) is 0 Å². The number of nitrogens with two attached hydrogens (primary N) is 1. The second-order valence-corrected chi connectivity index (χ2v) is 7.15. The van der Waals surface area contributed by atoms with Gasteiger partial charge in [0.1, 0.15) is 0 Å². The Morgan fingerprint density at radius 2 is 2.29 bits per heavy atom. The molecule has 0 radical (unpaired) electrons. The number of aromatic nitrogens is 4. The molecule has 21 heavy (non-hydrogen) atoms. The van der Waals surface area contributed by atoms with E-state index < -0.39 is 5.54 Å². The molecule has 1 atom stereocenters. The van der Waals surface area contributed by atoms with E-state index in [2.05, 4.69) is 20.8 Å². The number of tetrazole rings is 1. The predicted octanol–water partition coefficient (Wildman–Crippen LogP) is 1.12. The second kappa shape index (κ2) is 6.74. The molecule has 1 saturated carbocycles. The molecule has 1 heterocycles. The standard InChI is InChI=1S/C13H24N6OS/c1-9(2)15-13(3,11(14)20)7-4-8-21-12-16-17-18-19(12)10-5-6-10/h9-10,15H,4-8H2,1-3H3,(H2,14,20). The highest BCUT2D eigenvalue weighted by Crippen LogP contribution is 2.36. The number of nitrogens with zero attached hydrogens (tertiary/aromatic N) is 4. The van der Waals surface area contributed by atoms with E-state index in [9.17, 15) is 4.79 Å².